The van der Waals surface area contributed by atoms with Crippen LogP contribution < -0.4 is 0 Å². The van der Waals surface area contributed by atoms with Crippen molar-refractivity contribution >= 4 is 0 Å². The molecule has 1 heterocycles. The summed E-state index contributed by atoms with van der Waals surface area (Å²) < 4.78 is 5.58. The second-order valence-corrected chi connectivity index (χ2v) is 3.59. The van der Waals surface area contributed by atoms with Gasteiger partial charge in [-0.2, -0.15) is 5.26 Å². The van der Waals surface area contributed by atoms with Crippen molar-refractivity contribution in [2.75, 3.05) is 6.61 Å². The summed E-state index contributed by atoms with van der Waals surface area (Å²) in [5.41, 5.74) is 0. The second kappa shape index (κ2) is 3.28. The number of ether oxygens (including phenoxy) is 1. The average Bonchev–Trinajstić information content (AvgIpc) is 2.17. The molecule has 1 saturated heterocycles. The summed E-state index contributed by atoms with van der Waals surface area (Å²) in [6.07, 6.45) is 7.76. The standard InChI is InChI=1S/C10H13NO/c11-7-8-3-4-10-9(6-8)2-1-5-12-10/h3-4,8-10H,1-2,5-6H2. The molecule has 2 aliphatic rings. The quantitative estimate of drug-likeness (QED) is 0.511. The van der Waals surface area contributed by atoms with Gasteiger partial charge in [0.15, 0.2) is 0 Å². The molecule has 0 bridgehead atoms. The number of hydrogen-bond donors (Lipinski definition) is 0. The molecule has 0 spiro atoms. The molecular formula is C10H13NO. The van der Waals surface area contributed by atoms with Crippen molar-refractivity contribution in [2.24, 2.45) is 11.8 Å². The molecule has 2 nitrogen and oxygen atoms in total. The Morgan fingerprint density at radius 3 is 3.17 bits per heavy atom. The second-order valence-electron chi connectivity index (χ2n) is 3.59. The molecular weight excluding hydrogens is 150 g/mol. The Morgan fingerprint density at radius 2 is 2.33 bits per heavy atom. The summed E-state index contributed by atoms with van der Waals surface area (Å²) in [7, 11) is 0. The minimum absolute atomic E-state index is 0.132. The smallest absolute Gasteiger partial charge is 0.0784 e. The molecule has 3 unspecified atom stereocenters. The van der Waals surface area contributed by atoms with Crippen molar-refractivity contribution < 1.29 is 4.74 Å². The number of hydrogen-bond acceptors (Lipinski definition) is 2. The van der Waals surface area contributed by atoms with Crippen molar-refractivity contribution in [1.29, 1.82) is 5.26 Å². The third-order valence-corrected chi connectivity index (χ3v) is 2.75. The summed E-state index contributed by atoms with van der Waals surface area (Å²) in [5.74, 6) is 0.737. The molecule has 2 rings (SSSR count). The molecule has 3 atom stereocenters. The number of fused-ring (bicyclic) bond motifs is 1. The SMILES string of the molecule is N#CC1C=CC2OCCCC2C1. The van der Waals surface area contributed by atoms with Crippen LogP contribution in [0.2, 0.25) is 0 Å². The summed E-state index contributed by atoms with van der Waals surface area (Å²) in [5, 5.41) is 8.74. The molecule has 1 aliphatic carbocycles. The van der Waals surface area contributed by atoms with Crippen LogP contribution in [0.4, 0.5) is 0 Å². The highest BCUT2D eigenvalue weighted by Crippen LogP contribution is 2.31. The van der Waals surface area contributed by atoms with E-state index < -0.39 is 0 Å². The maximum atomic E-state index is 8.74. The Balaban J connectivity index is 2.07. The van der Waals surface area contributed by atoms with Crippen molar-refractivity contribution in [3.05, 3.63) is 12.2 Å². The summed E-state index contributed by atoms with van der Waals surface area (Å²) in [4.78, 5) is 0. The zero-order valence-electron chi connectivity index (χ0n) is 7.07. The van der Waals surface area contributed by atoms with Gasteiger partial charge in [0.1, 0.15) is 0 Å². The van der Waals surface area contributed by atoms with E-state index in [1.54, 1.807) is 0 Å². The maximum absolute atomic E-state index is 8.74. The molecule has 1 fully saturated rings. The van der Waals surface area contributed by atoms with Crippen LogP contribution in [0.15, 0.2) is 12.2 Å². The Hall–Kier alpha value is -0.810. The zero-order valence-corrected chi connectivity index (χ0v) is 7.07. The summed E-state index contributed by atoms with van der Waals surface area (Å²) in [6, 6.07) is 2.29. The van der Waals surface area contributed by atoms with E-state index in [0.29, 0.717) is 12.0 Å². The van der Waals surface area contributed by atoms with Gasteiger partial charge in [0.05, 0.1) is 18.1 Å². The Bertz CT molecular complexity index is 228. The van der Waals surface area contributed by atoms with Crippen LogP contribution >= 0.6 is 0 Å². The van der Waals surface area contributed by atoms with Gasteiger partial charge in [0.25, 0.3) is 0 Å². The lowest BCUT2D eigenvalue weighted by molar-refractivity contribution is -0.00553. The van der Waals surface area contributed by atoms with E-state index in [9.17, 15) is 0 Å². The van der Waals surface area contributed by atoms with Crippen LogP contribution in [0.3, 0.4) is 0 Å². The van der Waals surface area contributed by atoms with Crippen molar-refractivity contribution in [3.63, 3.8) is 0 Å². The van der Waals surface area contributed by atoms with E-state index >= 15 is 0 Å². The Morgan fingerprint density at radius 1 is 1.42 bits per heavy atom. The van der Waals surface area contributed by atoms with E-state index in [4.69, 9.17) is 10.00 Å². The van der Waals surface area contributed by atoms with E-state index in [2.05, 4.69) is 12.1 Å². The van der Waals surface area contributed by atoms with Gasteiger partial charge in [-0.1, -0.05) is 12.2 Å². The van der Waals surface area contributed by atoms with Gasteiger partial charge < -0.3 is 4.74 Å². The molecule has 12 heavy (non-hydrogen) atoms. The van der Waals surface area contributed by atoms with Gasteiger partial charge >= 0.3 is 0 Å². The fourth-order valence-electron chi connectivity index (χ4n) is 2.07. The van der Waals surface area contributed by atoms with Crippen LogP contribution in [0, 0.1) is 23.2 Å². The van der Waals surface area contributed by atoms with Crippen LogP contribution in [0.25, 0.3) is 0 Å². The first-order valence-corrected chi connectivity index (χ1v) is 4.59. The van der Waals surface area contributed by atoms with Gasteiger partial charge in [-0.25, -0.2) is 0 Å². The van der Waals surface area contributed by atoms with E-state index in [-0.39, 0.29) is 5.92 Å². The predicted molar refractivity (Wildman–Crippen MR) is 45.3 cm³/mol. The van der Waals surface area contributed by atoms with E-state index in [0.717, 1.165) is 19.4 Å². The fraction of sp³-hybridized carbons (Fsp3) is 0.700. The van der Waals surface area contributed by atoms with Crippen molar-refractivity contribution in [2.45, 2.75) is 25.4 Å². The third-order valence-electron chi connectivity index (χ3n) is 2.75. The number of nitriles is 1. The molecule has 1 aliphatic heterocycles. The van der Waals surface area contributed by atoms with Gasteiger partial charge in [0.2, 0.25) is 0 Å². The minimum atomic E-state index is 0.132. The normalized spacial score (nSPS) is 40.1. The topological polar surface area (TPSA) is 33.0 Å². The van der Waals surface area contributed by atoms with E-state index in [1.807, 2.05) is 6.08 Å². The number of allylic oxidation sites excluding steroid dienone is 1. The van der Waals surface area contributed by atoms with Crippen molar-refractivity contribution in [3.8, 4) is 6.07 Å². The fourth-order valence-corrected chi connectivity index (χ4v) is 2.07. The van der Waals surface area contributed by atoms with Crippen LogP contribution in [0.1, 0.15) is 19.3 Å². The first kappa shape index (κ1) is 7.82. The Kier molecular flexibility index (Phi) is 2.14. The molecule has 0 saturated carbocycles. The zero-order chi connectivity index (χ0) is 8.39. The number of nitrogens with zero attached hydrogens (tertiary/aromatic N) is 1. The number of rotatable bonds is 0. The monoisotopic (exact) mass is 163 g/mol. The lowest BCUT2D eigenvalue weighted by atomic mass is 9.81. The first-order valence-electron chi connectivity index (χ1n) is 4.59. The van der Waals surface area contributed by atoms with Gasteiger partial charge in [0, 0.05) is 6.61 Å². The first-order chi connectivity index (χ1) is 5.90. The van der Waals surface area contributed by atoms with Gasteiger partial charge in [-0.3, -0.25) is 0 Å². The highest BCUT2D eigenvalue weighted by molar-refractivity contribution is 5.10. The van der Waals surface area contributed by atoms with E-state index in [1.165, 1.54) is 6.42 Å². The molecule has 2 heteroatoms. The van der Waals surface area contributed by atoms with Gasteiger partial charge in [-0.15, -0.1) is 0 Å². The van der Waals surface area contributed by atoms with Crippen LogP contribution in [-0.2, 0) is 4.74 Å². The van der Waals surface area contributed by atoms with Crippen LogP contribution in [-0.4, -0.2) is 12.7 Å². The lowest BCUT2D eigenvalue weighted by Gasteiger charge is -2.33. The summed E-state index contributed by atoms with van der Waals surface area (Å²) in [6.45, 7) is 0.892. The Labute approximate surface area is 72.8 Å². The molecule has 0 radical (unpaired) electrons. The lowest BCUT2D eigenvalue weighted by Crippen LogP contribution is -2.31. The summed E-state index contributed by atoms with van der Waals surface area (Å²) >= 11 is 0. The largest absolute Gasteiger partial charge is 0.374 e. The highest BCUT2D eigenvalue weighted by atomic mass is 16.5. The average molecular weight is 163 g/mol. The minimum Gasteiger partial charge on any atom is -0.374 e. The molecule has 0 aromatic carbocycles. The highest BCUT2D eigenvalue weighted by Gasteiger charge is 2.29. The third kappa shape index (κ3) is 1.37. The maximum Gasteiger partial charge on any atom is 0.0784 e. The molecule has 64 valence electrons. The van der Waals surface area contributed by atoms with Crippen LogP contribution in [0.5, 0.6) is 0 Å². The predicted octanol–water partition coefficient (Wildman–Crippen LogP) is 1.88. The molecule has 0 aromatic heterocycles. The molecule has 0 N–H and O–H groups in total. The molecule has 0 amide bonds. The molecule has 0 aromatic rings. The van der Waals surface area contributed by atoms with Gasteiger partial charge in [-0.05, 0) is 25.2 Å². The van der Waals surface area contributed by atoms with Crippen molar-refractivity contribution in [1.82, 2.24) is 0 Å².